The molecule has 0 bridgehead atoms. The van der Waals surface area contributed by atoms with Crippen molar-refractivity contribution in [2.75, 3.05) is 5.32 Å². The Bertz CT molecular complexity index is 1230. The average Bonchev–Trinajstić information content (AvgIpc) is 3.25. The number of carbonyl (C=O) groups excluding carboxylic acids is 1. The zero-order chi connectivity index (χ0) is 23.2. The SMILES string of the molecule is Cc1ccc(NC(=O)c2csc(CN(Cc3ccc(F)cc3)Cc3cccc(Cl)c3)n2)cc1. The van der Waals surface area contributed by atoms with Crippen molar-refractivity contribution in [3.63, 3.8) is 0 Å². The Morgan fingerprint density at radius 3 is 2.45 bits per heavy atom. The second-order valence-electron chi connectivity index (χ2n) is 7.85. The predicted molar refractivity (Wildman–Crippen MR) is 132 cm³/mol. The van der Waals surface area contributed by atoms with Gasteiger partial charge >= 0.3 is 0 Å². The summed E-state index contributed by atoms with van der Waals surface area (Å²) in [5.74, 6) is -0.495. The minimum atomic E-state index is -0.260. The summed E-state index contributed by atoms with van der Waals surface area (Å²) in [4.78, 5) is 19.4. The molecule has 0 aliphatic rings. The number of nitrogens with one attached hydrogen (secondary N) is 1. The Hall–Kier alpha value is -3.06. The molecule has 0 saturated carbocycles. The van der Waals surface area contributed by atoms with Gasteiger partial charge in [-0.1, -0.05) is 53.6 Å². The van der Waals surface area contributed by atoms with Crippen molar-refractivity contribution in [2.45, 2.75) is 26.6 Å². The number of anilines is 1. The van der Waals surface area contributed by atoms with Crippen LogP contribution in [0.25, 0.3) is 0 Å². The molecule has 1 N–H and O–H groups in total. The molecule has 4 nitrogen and oxygen atoms in total. The molecule has 0 radical (unpaired) electrons. The Morgan fingerprint density at radius 1 is 1.00 bits per heavy atom. The number of carbonyl (C=O) groups is 1. The summed E-state index contributed by atoms with van der Waals surface area (Å²) in [6.45, 7) is 3.80. The van der Waals surface area contributed by atoms with Gasteiger partial charge in [-0.05, 0) is 54.4 Å². The fraction of sp³-hybridized carbons (Fsp3) is 0.154. The number of hydrogen-bond acceptors (Lipinski definition) is 4. The molecule has 0 fully saturated rings. The maximum absolute atomic E-state index is 13.3. The Labute approximate surface area is 201 Å². The second kappa shape index (κ2) is 10.7. The van der Waals surface area contributed by atoms with E-state index in [1.54, 1.807) is 17.5 Å². The van der Waals surface area contributed by atoms with E-state index in [0.29, 0.717) is 30.4 Å². The molecule has 1 amide bonds. The molecule has 4 rings (SSSR count). The average molecular weight is 480 g/mol. The summed E-state index contributed by atoms with van der Waals surface area (Å²) >= 11 is 7.61. The number of rotatable bonds is 8. The summed E-state index contributed by atoms with van der Waals surface area (Å²) in [5, 5.41) is 6.16. The van der Waals surface area contributed by atoms with E-state index in [9.17, 15) is 9.18 Å². The van der Waals surface area contributed by atoms with E-state index in [4.69, 9.17) is 11.6 Å². The van der Waals surface area contributed by atoms with Gasteiger partial charge in [0.25, 0.3) is 5.91 Å². The number of aryl methyl sites for hydroxylation is 1. The monoisotopic (exact) mass is 479 g/mol. The molecule has 3 aromatic carbocycles. The topological polar surface area (TPSA) is 45.2 Å². The molecule has 4 aromatic rings. The van der Waals surface area contributed by atoms with Crippen LogP contribution >= 0.6 is 22.9 Å². The molecule has 7 heteroatoms. The molecule has 0 aliphatic carbocycles. The fourth-order valence-electron chi connectivity index (χ4n) is 3.42. The van der Waals surface area contributed by atoms with Gasteiger partial charge in [-0.15, -0.1) is 11.3 Å². The lowest BCUT2D eigenvalue weighted by atomic mass is 10.1. The van der Waals surface area contributed by atoms with Crippen molar-refractivity contribution < 1.29 is 9.18 Å². The van der Waals surface area contributed by atoms with E-state index in [-0.39, 0.29) is 11.7 Å². The van der Waals surface area contributed by atoms with Crippen LogP contribution in [-0.2, 0) is 19.6 Å². The molecule has 33 heavy (non-hydrogen) atoms. The van der Waals surface area contributed by atoms with Crippen molar-refractivity contribution in [1.82, 2.24) is 9.88 Å². The highest BCUT2D eigenvalue weighted by atomic mass is 35.5. The Morgan fingerprint density at radius 2 is 1.73 bits per heavy atom. The summed E-state index contributed by atoms with van der Waals surface area (Å²) in [7, 11) is 0. The lowest BCUT2D eigenvalue weighted by Crippen LogP contribution is -2.22. The van der Waals surface area contributed by atoms with Gasteiger partial charge < -0.3 is 5.32 Å². The van der Waals surface area contributed by atoms with Crippen LogP contribution < -0.4 is 5.32 Å². The van der Waals surface area contributed by atoms with Crippen molar-refractivity contribution in [3.05, 3.63) is 116 Å². The van der Waals surface area contributed by atoms with Gasteiger partial charge in [0.05, 0.1) is 6.54 Å². The largest absolute Gasteiger partial charge is 0.321 e. The first kappa shape index (κ1) is 23.1. The van der Waals surface area contributed by atoms with E-state index in [1.165, 1.54) is 23.5 Å². The fourth-order valence-corrected chi connectivity index (χ4v) is 4.45. The molecule has 0 unspecified atom stereocenters. The summed E-state index contributed by atoms with van der Waals surface area (Å²) in [5.41, 5.74) is 4.31. The maximum atomic E-state index is 13.3. The van der Waals surface area contributed by atoms with Gasteiger partial charge in [-0.2, -0.15) is 0 Å². The van der Waals surface area contributed by atoms with Crippen LogP contribution in [0.2, 0.25) is 5.02 Å². The molecule has 168 valence electrons. The van der Waals surface area contributed by atoms with E-state index >= 15 is 0 Å². The van der Waals surface area contributed by atoms with Gasteiger partial charge in [-0.3, -0.25) is 9.69 Å². The van der Waals surface area contributed by atoms with Gasteiger partial charge in [0.2, 0.25) is 0 Å². The zero-order valence-corrected chi connectivity index (χ0v) is 19.7. The first-order chi connectivity index (χ1) is 15.9. The van der Waals surface area contributed by atoms with Gasteiger partial charge in [0.15, 0.2) is 0 Å². The Balaban J connectivity index is 1.48. The third-order valence-corrected chi connectivity index (χ3v) is 6.14. The lowest BCUT2D eigenvalue weighted by Gasteiger charge is -2.21. The summed E-state index contributed by atoms with van der Waals surface area (Å²) in [6.07, 6.45) is 0. The molecular formula is C26H23ClFN3OS. The number of thiazole rings is 1. The van der Waals surface area contributed by atoms with Crippen LogP contribution in [0.4, 0.5) is 10.1 Å². The molecule has 1 heterocycles. The molecule has 0 spiro atoms. The first-order valence-electron chi connectivity index (χ1n) is 10.5. The highest BCUT2D eigenvalue weighted by Crippen LogP contribution is 2.20. The summed E-state index contributed by atoms with van der Waals surface area (Å²) in [6, 6.07) is 21.8. The number of halogens is 2. The number of benzene rings is 3. The summed E-state index contributed by atoms with van der Waals surface area (Å²) < 4.78 is 13.3. The molecule has 0 saturated heterocycles. The van der Waals surface area contributed by atoms with Crippen molar-refractivity contribution in [1.29, 1.82) is 0 Å². The van der Waals surface area contributed by atoms with Crippen LogP contribution in [0.1, 0.15) is 32.2 Å². The third-order valence-electron chi connectivity index (χ3n) is 5.07. The van der Waals surface area contributed by atoms with E-state index in [2.05, 4.69) is 15.2 Å². The minimum absolute atomic E-state index is 0.235. The van der Waals surface area contributed by atoms with Crippen LogP contribution in [0.15, 0.2) is 78.2 Å². The van der Waals surface area contributed by atoms with E-state index < -0.39 is 0 Å². The van der Waals surface area contributed by atoms with Crippen molar-refractivity contribution in [3.8, 4) is 0 Å². The number of aromatic nitrogens is 1. The first-order valence-corrected chi connectivity index (χ1v) is 11.7. The third kappa shape index (κ3) is 6.71. The molecule has 0 aliphatic heterocycles. The smallest absolute Gasteiger partial charge is 0.275 e. The predicted octanol–water partition coefficient (Wildman–Crippen LogP) is 6.70. The molecular weight excluding hydrogens is 457 g/mol. The van der Waals surface area contributed by atoms with Crippen LogP contribution in [0.5, 0.6) is 0 Å². The van der Waals surface area contributed by atoms with Crippen LogP contribution in [0.3, 0.4) is 0 Å². The van der Waals surface area contributed by atoms with Gasteiger partial charge in [0.1, 0.15) is 16.5 Å². The number of nitrogens with zero attached hydrogens (tertiary/aromatic N) is 2. The van der Waals surface area contributed by atoms with Crippen LogP contribution in [0, 0.1) is 12.7 Å². The molecule has 0 atom stereocenters. The van der Waals surface area contributed by atoms with E-state index in [1.807, 2.05) is 55.5 Å². The normalized spacial score (nSPS) is 11.0. The maximum Gasteiger partial charge on any atom is 0.275 e. The highest BCUT2D eigenvalue weighted by Gasteiger charge is 2.15. The van der Waals surface area contributed by atoms with E-state index in [0.717, 1.165) is 27.4 Å². The lowest BCUT2D eigenvalue weighted by molar-refractivity contribution is 0.102. The minimum Gasteiger partial charge on any atom is -0.321 e. The zero-order valence-electron chi connectivity index (χ0n) is 18.1. The number of amides is 1. The van der Waals surface area contributed by atoms with Gasteiger partial charge in [-0.25, -0.2) is 9.37 Å². The Kier molecular flexibility index (Phi) is 7.50. The van der Waals surface area contributed by atoms with Crippen molar-refractivity contribution in [2.24, 2.45) is 0 Å². The number of hydrogen-bond donors (Lipinski definition) is 1. The van der Waals surface area contributed by atoms with Gasteiger partial charge in [0, 0.05) is 29.2 Å². The highest BCUT2D eigenvalue weighted by molar-refractivity contribution is 7.09. The standard InChI is InChI=1S/C26H23ClFN3OS/c1-18-5-11-23(12-6-18)29-26(32)24-17-33-25(30-24)16-31(14-19-7-9-22(28)10-8-19)15-20-3-2-4-21(27)13-20/h2-13,17H,14-16H2,1H3,(H,29,32). The van der Waals surface area contributed by atoms with Crippen molar-refractivity contribution >= 4 is 34.5 Å². The second-order valence-corrected chi connectivity index (χ2v) is 9.23. The molecule has 1 aromatic heterocycles. The van der Waals surface area contributed by atoms with Crippen LogP contribution in [-0.4, -0.2) is 15.8 Å². The quantitative estimate of drug-likeness (QED) is 0.306.